The minimum atomic E-state index is -0.0559. The van der Waals surface area contributed by atoms with Crippen LogP contribution in [0.1, 0.15) is 27.5 Å². The van der Waals surface area contributed by atoms with Crippen molar-refractivity contribution in [2.24, 2.45) is 0 Å². The summed E-state index contributed by atoms with van der Waals surface area (Å²) in [5, 5.41) is 2.99. The van der Waals surface area contributed by atoms with Gasteiger partial charge in [0.15, 0.2) is 0 Å². The van der Waals surface area contributed by atoms with Gasteiger partial charge in [-0.15, -0.1) is 0 Å². The highest BCUT2D eigenvalue weighted by Gasteiger charge is 2.29. The Morgan fingerprint density at radius 2 is 1.89 bits per heavy atom. The molecule has 3 rings (SSSR count). The van der Waals surface area contributed by atoms with Crippen LogP contribution in [0.3, 0.4) is 0 Å². The summed E-state index contributed by atoms with van der Waals surface area (Å²) in [5.74, 6) is 0.662. The average molecular weight is 239 g/mol. The molecule has 0 spiro atoms. The molecule has 1 amide bonds. The van der Waals surface area contributed by atoms with Crippen molar-refractivity contribution in [3.05, 3.63) is 65.2 Å². The first kappa shape index (κ1) is 10.8. The molecule has 2 aromatic carbocycles. The Kier molecular flexibility index (Phi) is 2.52. The molecule has 1 N–H and O–H groups in total. The molecule has 2 aromatic rings. The van der Waals surface area contributed by atoms with E-state index in [9.17, 15) is 4.79 Å². The van der Waals surface area contributed by atoms with Gasteiger partial charge >= 0.3 is 0 Å². The van der Waals surface area contributed by atoms with E-state index < -0.39 is 0 Å². The maximum atomic E-state index is 12.0. The maximum Gasteiger partial charge on any atom is 0.252 e. The predicted octanol–water partition coefficient (Wildman–Crippen LogP) is 2.53. The second-order valence-corrected chi connectivity index (χ2v) is 4.27. The highest BCUT2D eigenvalue weighted by molar-refractivity contribution is 6.00. The van der Waals surface area contributed by atoms with E-state index in [1.165, 1.54) is 0 Å². The number of rotatable bonds is 2. The van der Waals surface area contributed by atoms with Gasteiger partial charge in [-0.05, 0) is 23.3 Å². The number of fused-ring (bicyclic) bond motifs is 1. The zero-order valence-electron chi connectivity index (χ0n) is 10.0. The van der Waals surface area contributed by atoms with Crippen LogP contribution in [-0.4, -0.2) is 13.0 Å². The summed E-state index contributed by atoms with van der Waals surface area (Å²) >= 11 is 0. The van der Waals surface area contributed by atoms with E-state index in [4.69, 9.17) is 4.74 Å². The van der Waals surface area contributed by atoms with Crippen LogP contribution in [0.4, 0.5) is 0 Å². The zero-order chi connectivity index (χ0) is 12.5. The summed E-state index contributed by atoms with van der Waals surface area (Å²) in [7, 11) is 1.60. The molecule has 3 heteroatoms. The summed E-state index contributed by atoms with van der Waals surface area (Å²) in [6, 6.07) is 15.5. The fourth-order valence-electron chi connectivity index (χ4n) is 2.31. The Bertz CT molecular complexity index is 593. The lowest BCUT2D eigenvalue weighted by atomic mass is 9.98. The quantitative estimate of drug-likeness (QED) is 0.874. The highest BCUT2D eigenvalue weighted by Crippen LogP contribution is 2.32. The lowest BCUT2D eigenvalue weighted by molar-refractivity contribution is 0.0960. The molecule has 18 heavy (non-hydrogen) atoms. The van der Waals surface area contributed by atoms with Crippen LogP contribution in [-0.2, 0) is 0 Å². The largest absolute Gasteiger partial charge is 0.497 e. The van der Waals surface area contributed by atoms with Crippen molar-refractivity contribution in [1.29, 1.82) is 0 Å². The van der Waals surface area contributed by atoms with Crippen LogP contribution < -0.4 is 10.1 Å². The predicted molar refractivity (Wildman–Crippen MR) is 68.7 cm³/mol. The Labute approximate surface area is 105 Å². The van der Waals surface area contributed by atoms with Crippen molar-refractivity contribution < 1.29 is 9.53 Å². The van der Waals surface area contributed by atoms with Gasteiger partial charge in [0.2, 0.25) is 0 Å². The van der Waals surface area contributed by atoms with Crippen LogP contribution in [0.25, 0.3) is 0 Å². The minimum Gasteiger partial charge on any atom is -0.497 e. The molecule has 0 fully saturated rings. The molecule has 0 radical (unpaired) electrons. The molecule has 1 aliphatic rings. The lowest BCUT2D eigenvalue weighted by Gasteiger charge is -2.12. The SMILES string of the molecule is COc1ccc2c(c1)C(=O)N[C@H]2c1ccccc1. The number of carbonyl (C=O) groups is 1. The number of benzene rings is 2. The first-order valence-electron chi connectivity index (χ1n) is 5.83. The number of carbonyl (C=O) groups excluding carboxylic acids is 1. The Hall–Kier alpha value is -2.29. The van der Waals surface area contributed by atoms with E-state index in [1.54, 1.807) is 13.2 Å². The van der Waals surface area contributed by atoms with Crippen LogP contribution >= 0.6 is 0 Å². The van der Waals surface area contributed by atoms with E-state index in [2.05, 4.69) is 5.32 Å². The molecule has 3 nitrogen and oxygen atoms in total. The van der Waals surface area contributed by atoms with E-state index in [-0.39, 0.29) is 11.9 Å². The van der Waals surface area contributed by atoms with Gasteiger partial charge in [0.25, 0.3) is 5.91 Å². The van der Waals surface area contributed by atoms with Crippen LogP contribution in [0.15, 0.2) is 48.5 Å². The first-order valence-corrected chi connectivity index (χ1v) is 5.83. The molecule has 0 aliphatic carbocycles. The van der Waals surface area contributed by atoms with Gasteiger partial charge in [-0.3, -0.25) is 4.79 Å². The molecule has 1 heterocycles. The molecule has 0 unspecified atom stereocenters. The number of hydrogen-bond donors (Lipinski definition) is 1. The number of amides is 1. The van der Waals surface area contributed by atoms with Crippen LogP contribution in [0.2, 0.25) is 0 Å². The highest BCUT2D eigenvalue weighted by atomic mass is 16.5. The summed E-state index contributed by atoms with van der Waals surface area (Å²) in [4.78, 5) is 12.0. The standard InChI is InChI=1S/C15H13NO2/c1-18-11-7-8-12-13(9-11)15(17)16-14(12)10-5-3-2-4-6-10/h2-9,14H,1H3,(H,16,17)/t14-/m0/s1. The first-order chi connectivity index (χ1) is 8.79. The molecule has 1 atom stereocenters. The van der Waals surface area contributed by atoms with Crippen LogP contribution in [0, 0.1) is 0 Å². The van der Waals surface area contributed by atoms with Crippen molar-refractivity contribution in [3.63, 3.8) is 0 Å². The third-order valence-electron chi connectivity index (χ3n) is 3.22. The Balaban J connectivity index is 2.07. The van der Waals surface area contributed by atoms with E-state index in [0.29, 0.717) is 11.3 Å². The van der Waals surface area contributed by atoms with Crippen molar-refractivity contribution in [3.8, 4) is 5.75 Å². The molecule has 90 valence electrons. The van der Waals surface area contributed by atoms with Gasteiger partial charge in [-0.25, -0.2) is 0 Å². The third kappa shape index (κ3) is 1.64. The van der Waals surface area contributed by atoms with Gasteiger partial charge in [0.1, 0.15) is 5.75 Å². The van der Waals surface area contributed by atoms with E-state index in [1.807, 2.05) is 42.5 Å². The normalized spacial score (nSPS) is 17.2. The number of ether oxygens (including phenoxy) is 1. The molecule has 0 saturated carbocycles. The van der Waals surface area contributed by atoms with E-state index in [0.717, 1.165) is 11.1 Å². The van der Waals surface area contributed by atoms with Crippen molar-refractivity contribution >= 4 is 5.91 Å². The topological polar surface area (TPSA) is 38.3 Å². The average Bonchev–Trinajstić information content (AvgIpc) is 2.77. The summed E-state index contributed by atoms with van der Waals surface area (Å²) < 4.78 is 5.15. The summed E-state index contributed by atoms with van der Waals surface area (Å²) in [6.07, 6.45) is 0. The van der Waals surface area contributed by atoms with Crippen molar-refractivity contribution in [2.75, 3.05) is 7.11 Å². The minimum absolute atomic E-state index is 0.0437. The fourth-order valence-corrected chi connectivity index (χ4v) is 2.31. The van der Waals surface area contributed by atoms with Gasteiger partial charge in [-0.2, -0.15) is 0 Å². The van der Waals surface area contributed by atoms with Crippen molar-refractivity contribution in [1.82, 2.24) is 5.32 Å². The molecular formula is C15H13NO2. The zero-order valence-corrected chi connectivity index (χ0v) is 10.0. The second-order valence-electron chi connectivity index (χ2n) is 4.27. The summed E-state index contributed by atoms with van der Waals surface area (Å²) in [6.45, 7) is 0. The Morgan fingerprint density at radius 3 is 2.61 bits per heavy atom. The van der Waals surface area contributed by atoms with Gasteiger partial charge < -0.3 is 10.1 Å². The number of nitrogens with one attached hydrogen (secondary N) is 1. The Morgan fingerprint density at radius 1 is 1.11 bits per heavy atom. The monoisotopic (exact) mass is 239 g/mol. The molecule has 0 saturated heterocycles. The van der Waals surface area contributed by atoms with Gasteiger partial charge in [0, 0.05) is 5.56 Å². The third-order valence-corrected chi connectivity index (χ3v) is 3.22. The number of hydrogen-bond acceptors (Lipinski definition) is 2. The van der Waals surface area contributed by atoms with E-state index >= 15 is 0 Å². The smallest absolute Gasteiger partial charge is 0.252 e. The second kappa shape index (κ2) is 4.18. The molecule has 0 bridgehead atoms. The van der Waals surface area contributed by atoms with Crippen LogP contribution in [0.5, 0.6) is 5.75 Å². The van der Waals surface area contributed by atoms with Crippen molar-refractivity contribution in [2.45, 2.75) is 6.04 Å². The fraction of sp³-hybridized carbons (Fsp3) is 0.133. The van der Waals surface area contributed by atoms with Gasteiger partial charge in [0.05, 0.1) is 13.2 Å². The van der Waals surface area contributed by atoms with Gasteiger partial charge in [-0.1, -0.05) is 36.4 Å². The number of methoxy groups -OCH3 is 1. The molecule has 1 aliphatic heterocycles. The lowest BCUT2D eigenvalue weighted by Crippen LogP contribution is -2.19. The molecular weight excluding hydrogens is 226 g/mol. The summed E-state index contributed by atoms with van der Waals surface area (Å²) in [5.41, 5.74) is 2.80. The molecule has 0 aromatic heterocycles. The maximum absolute atomic E-state index is 12.0.